The topological polar surface area (TPSA) is 67.3 Å². The molecule has 7 nitrogen and oxygen atoms in total. The molecule has 2 saturated heterocycles. The summed E-state index contributed by atoms with van der Waals surface area (Å²) in [4.78, 5) is 31.2. The van der Waals surface area contributed by atoms with Crippen molar-refractivity contribution in [3.63, 3.8) is 0 Å². The highest BCUT2D eigenvalue weighted by Crippen LogP contribution is 2.14. The number of hydrogen-bond donors (Lipinski definition) is 1. The van der Waals surface area contributed by atoms with E-state index in [4.69, 9.17) is 5.11 Å². The van der Waals surface area contributed by atoms with Crippen molar-refractivity contribution < 1.29 is 14.7 Å². The summed E-state index contributed by atoms with van der Waals surface area (Å²) in [7, 11) is 2.11. The van der Waals surface area contributed by atoms with Gasteiger partial charge in [-0.1, -0.05) is 6.92 Å². The Morgan fingerprint density at radius 3 is 2.24 bits per heavy atom. The number of carboxylic acids is 1. The minimum atomic E-state index is -0.806. The summed E-state index contributed by atoms with van der Waals surface area (Å²) in [5.41, 5.74) is 0. The second-order valence-electron chi connectivity index (χ2n) is 5.93. The molecule has 21 heavy (non-hydrogen) atoms. The SMILES string of the molecule is CCC1CN(C(=O)N2CCN(CC(=O)O)CC2)CCN1C. The lowest BCUT2D eigenvalue weighted by molar-refractivity contribution is -0.138. The molecule has 0 aromatic carbocycles. The molecule has 1 unspecified atom stereocenters. The zero-order valence-corrected chi connectivity index (χ0v) is 13.0. The molecule has 2 fully saturated rings. The normalized spacial score (nSPS) is 25.1. The van der Waals surface area contributed by atoms with Crippen LogP contribution in [0.4, 0.5) is 4.79 Å². The summed E-state index contributed by atoms with van der Waals surface area (Å²) in [5.74, 6) is -0.806. The van der Waals surface area contributed by atoms with E-state index in [9.17, 15) is 9.59 Å². The van der Waals surface area contributed by atoms with Crippen molar-refractivity contribution in [2.75, 3.05) is 59.4 Å². The van der Waals surface area contributed by atoms with Crippen LogP contribution in [-0.4, -0.2) is 102 Å². The van der Waals surface area contributed by atoms with Crippen LogP contribution in [0, 0.1) is 0 Å². The van der Waals surface area contributed by atoms with Crippen LogP contribution in [0.3, 0.4) is 0 Å². The Hall–Kier alpha value is -1.34. The first-order valence-electron chi connectivity index (χ1n) is 7.69. The second-order valence-corrected chi connectivity index (χ2v) is 5.93. The average Bonchev–Trinajstić information content (AvgIpc) is 2.47. The van der Waals surface area contributed by atoms with E-state index in [2.05, 4.69) is 18.9 Å². The fraction of sp³-hybridized carbons (Fsp3) is 0.857. The van der Waals surface area contributed by atoms with Gasteiger partial charge in [-0.15, -0.1) is 0 Å². The Kier molecular flexibility index (Phi) is 5.41. The van der Waals surface area contributed by atoms with Crippen molar-refractivity contribution in [2.45, 2.75) is 19.4 Å². The minimum absolute atomic E-state index is 0.0639. The van der Waals surface area contributed by atoms with Crippen LogP contribution in [0.25, 0.3) is 0 Å². The molecule has 7 heteroatoms. The standard InChI is InChI=1S/C14H26N4O3/c1-3-12-10-18(7-4-15(12)2)14(21)17-8-5-16(6-9-17)11-13(19)20/h12H,3-11H2,1-2H3,(H,19,20). The average molecular weight is 298 g/mol. The monoisotopic (exact) mass is 298 g/mol. The Labute approximate surface area is 126 Å². The largest absolute Gasteiger partial charge is 0.480 e. The highest BCUT2D eigenvalue weighted by Gasteiger charge is 2.30. The Morgan fingerprint density at radius 1 is 1.05 bits per heavy atom. The third-order valence-electron chi connectivity index (χ3n) is 4.52. The zero-order valence-electron chi connectivity index (χ0n) is 13.0. The molecule has 2 heterocycles. The molecule has 1 N–H and O–H groups in total. The summed E-state index contributed by atoms with van der Waals surface area (Å²) >= 11 is 0. The van der Waals surface area contributed by atoms with Crippen LogP contribution in [0.5, 0.6) is 0 Å². The van der Waals surface area contributed by atoms with E-state index in [0.717, 1.165) is 26.1 Å². The molecule has 0 spiro atoms. The minimum Gasteiger partial charge on any atom is -0.480 e. The Morgan fingerprint density at radius 2 is 1.67 bits per heavy atom. The number of hydrogen-bond acceptors (Lipinski definition) is 4. The van der Waals surface area contributed by atoms with Gasteiger partial charge >= 0.3 is 12.0 Å². The molecule has 0 radical (unpaired) electrons. The number of likely N-dealkylation sites (N-methyl/N-ethyl adjacent to an activating group) is 1. The molecule has 2 aliphatic heterocycles. The number of urea groups is 1. The number of rotatable bonds is 3. The molecule has 0 saturated carbocycles. The number of aliphatic carboxylic acids is 1. The van der Waals surface area contributed by atoms with E-state index in [1.807, 2.05) is 14.7 Å². The first-order valence-corrected chi connectivity index (χ1v) is 7.69. The van der Waals surface area contributed by atoms with Crippen LogP contribution in [0.15, 0.2) is 0 Å². The van der Waals surface area contributed by atoms with Crippen LogP contribution in [0.1, 0.15) is 13.3 Å². The maximum atomic E-state index is 12.5. The van der Waals surface area contributed by atoms with Gasteiger partial charge in [0.05, 0.1) is 6.54 Å². The molecular weight excluding hydrogens is 272 g/mol. The summed E-state index contributed by atoms with van der Waals surface area (Å²) in [5, 5.41) is 8.79. The maximum absolute atomic E-state index is 12.5. The first-order chi connectivity index (χ1) is 10.0. The van der Waals surface area contributed by atoms with Gasteiger partial charge in [0.25, 0.3) is 0 Å². The lowest BCUT2D eigenvalue weighted by atomic mass is 10.1. The molecule has 0 aromatic heterocycles. The van der Waals surface area contributed by atoms with E-state index >= 15 is 0 Å². The molecule has 1 atom stereocenters. The van der Waals surface area contributed by atoms with Gasteiger partial charge in [-0.05, 0) is 13.5 Å². The smallest absolute Gasteiger partial charge is 0.320 e. The lowest BCUT2D eigenvalue weighted by Gasteiger charge is -2.42. The highest BCUT2D eigenvalue weighted by molar-refractivity contribution is 5.75. The van der Waals surface area contributed by atoms with Gasteiger partial charge in [0.1, 0.15) is 0 Å². The van der Waals surface area contributed by atoms with Crippen LogP contribution >= 0.6 is 0 Å². The first kappa shape index (κ1) is 16.0. The molecule has 2 rings (SSSR count). The van der Waals surface area contributed by atoms with E-state index in [0.29, 0.717) is 32.2 Å². The quantitative estimate of drug-likeness (QED) is 0.784. The highest BCUT2D eigenvalue weighted by atomic mass is 16.4. The third-order valence-corrected chi connectivity index (χ3v) is 4.52. The predicted octanol–water partition coefficient (Wildman–Crippen LogP) is -0.165. The van der Waals surface area contributed by atoms with Gasteiger partial charge in [0, 0.05) is 51.9 Å². The number of piperazine rings is 2. The van der Waals surface area contributed by atoms with E-state index in [1.165, 1.54) is 0 Å². The van der Waals surface area contributed by atoms with Gasteiger partial charge in [-0.2, -0.15) is 0 Å². The van der Waals surface area contributed by atoms with Gasteiger partial charge in [0.2, 0.25) is 0 Å². The number of carbonyl (C=O) groups excluding carboxylic acids is 1. The molecule has 0 aliphatic carbocycles. The fourth-order valence-corrected chi connectivity index (χ4v) is 3.05. The van der Waals surface area contributed by atoms with Crippen LogP contribution < -0.4 is 0 Å². The van der Waals surface area contributed by atoms with Crippen molar-refractivity contribution in [1.29, 1.82) is 0 Å². The van der Waals surface area contributed by atoms with Crippen LogP contribution in [-0.2, 0) is 4.79 Å². The predicted molar refractivity (Wildman–Crippen MR) is 79.3 cm³/mol. The summed E-state index contributed by atoms with van der Waals surface area (Å²) in [6.07, 6.45) is 1.05. The number of carboxylic acid groups (broad SMARTS) is 1. The second kappa shape index (κ2) is 7.09. The van der Waals surface area contributed by atoms with Gasteiger partial charge in [-0.3, -0.25) is 14.6 Å². The van der Waals surface area contributed by atoms with Gasteiger partial charge in [-0.25, -0.2) is 4.79 Å². The Bertz CT molecular complexity index is 382. The van der Waals surface area contributed by atoms with Gasteiger partial charge < -0.3 is 14.9 Å². The van der Waals surface area contributed by atoms with E-state index in [1.54, 1.807) is 0 Å². The number of carbonyl (C=O) groups is 2. The van der Waals surface area contributed by atoms with Crippen molar-refractivity contribution in [3.05, 3.63) is 0 Å². The number of nitrogens with zero attached hydrogens (tertiary/aromatic N) is 4. The summed E-state index contributed by atoms with van der Waals surface area (Å²) < 4.78 is 0. The lowest BCUT2D eigenvalue weighted by Crippen LogP contribution is -2.59. The zero-order chi connectivity index (χ0) is 15.4. The summed E-state index contributed by atoms with van der Waals surface area (Å²) in [6.45, 7) is 7.23. The fourth-order valence-electron chi connectivity index (χ4n) is 3.05. The van der Waals surface area contributed by atoms with Gasteiger partial charge in [0.15, 0.2) is 0 Å². The van der Waals surface area contributed by atoms with Crippen molar-refractivity contribution in [3.8, 4) is 0 Å². The van der Waals surface area contributed by atoms with Crippen molar-refractivity contribution >= 4 is 12.0 Å². The van der Waals surface area contributed by atoms with Crippen LogP contribution in [0.2, 0.25) is 0 Å². The van der Waals surface area contributed by atoms with Crippen molar-refractivity contribution in [1.82, 2.24) is 19.6 Å². The molecule has 0 aromatic rings. The summed E-state index contributed by atoms with van der Waals surface area (Å²) in [6, 6.07) is 0.549. The number of amides is 2. The van der Waals surface area contributed by atoms with Crippen molar-refractivity contribution in [2.24, 2.45) is 0 Å². The third kappa shape index (κ3) is 4.07. The van der Waals surface area contributed by atoms with E-state index in [-0.39, 0.29) is 12.6 Å². The van der Waals surface area contributed by atoms with E-state index < -0.39 is 5.97 Å². The molecule has 120 valence electrons. The molecule has 0 bridgehead atoms. The molecule has 2 aliphatic rings. The molecular formula is C14H26N4O3. The maximum Gasteiger partial charge on any atom is 0.320 e. The molecule has 2 amide bonds. The Balaban J connectivity index is 1.83.